The number of hydrogen-bond acceptors (Lipinski definition) is 2. The van der Waals surface area contributed by atoms with Gasteiger partial charge in [-0.15, -0.1) is 0 Å². The minimum absolute atomic E-state index is 0.147. The first kappa shape index (κ1) is 11.0. The van der Waals surface area contributed by atoms with Crippen LogP contribution in [-0.4, -0.2) is 17.8 Å². The third-order valence-electron chi connectivity index (χ3n) is 5.62. The van der Waals surface area contributed by atoms with Crippen LogP contribution in [0.2, 0.25) is 0 Å². The van der Waals surface area contributed by atoms with E-state index in [-0.39, 0.29) is 17.4 Å². The summed E-state index contributed by atoms with van der Waals surface area (Å²) >= 11 is 0. The van der Waals surface area contributed by atoms with Gasteiger partial charge in [0, 0.05) is 0 Å². The predicted octanol–water partition coefficient (Wildman–Crippen LogP) is 2.16. The molecule has 0 aromatic carbocycles. The molecule has 4 rings (SSSR count). The summed E-state index contributed by atoms with van der Waals surface area (Å²) in [6.07, 6.45) is 8.04. The molecule has 16 heavy (non-hydrogen) atoms. The maximum atomic E-state index is 10.6. The summed E-state index contributed by atoms with van der Waals surface area (Å²) in [7, 11) is 0. The van der Waals surface area contributed by atoms with Crippen LogP contribution in [0.25, 0.3) is 0 Å². The van der Waals surface area contributed by atoms with Gasteiger partial charge in [-0.1, -0.05) is 6.92 Å². The third kappa shape index (κ3) is 1.53. The van der Waals surface area contributed by atoms with Gasteiger partial charge in [0.25, 0.3) is 0 Å². The van der Waals surface area contributed by atoms with E-state index in [1.54, 1.807) is 0 Å². The first-order valence-corrected chi connectivity index (χ1v) is 7.01. The summed E-state index contributed by atoms with van der Waals surface area (Å²) in [4.78, 5) is 0. The molecule has 4 aliphatic rings. The average molecular weight is 223 g/mol. The number of aliphatic hydroxyl groups is 1. The molecule has 4 bridgehead atoms. The van der Waals surface area contributed by atoms with Crippen LogP contribution in [0.1, 0.15) is 45.4 Å². The zero-order valence-corrected chi connectivity index (χ0v) is 10.4. The third-order valence-corrected chi connectivity index (χ3v) is 5.62. The summed E-state index contributed by atoms with van der Waals surface area (Å²) in [6, 6.07) is 0. The fraction of sp³-hybridized carbons (Fsp3) is 1.00. The largest absolute Gasteiger partial charge is 0.392 e. The Kier molecular flexibility index (Phi) is 2.56. The lowest BCUT2D eigenvalue weighted by molar-refractivity contribution is -0.134. The van der Waals surface area contributed by atoms with Crippen molar-refractivity contribution in [2.75, 3.05) is 6.54 Å². The van der Waals surface area contributed by atoms with E-state index in [1.165, 1.54) is 38.5 Å². The molecule has 4 aliphatic carbocycles. The van der Waals surface area contributed by atoms with Crippen LogP contribution in [-0.2, 0) is 0 Å². The van der Waals surface area contributed by atoms with Crippen molar-refractivity contribution in [1.82, 2.24) is 0 Å². The zero-order valence-electron chi connectivity index (χ0n) is 10.4. The Morgan fingerprint density at radius 3 is 1.94 bits per heavy atom. The van der Waals surface area contributed by atoms with E-state index >= 15 is 0 Å². The van der Waals surface area contributed by atoms with Crippen molar-refractivity contribution < 1.29 is 5.11 Å². The molecule has 2 heteroatoms. The van der Waals surface area contributed by atoms with Gasteiger partial charge in [0.2, 0.25) is 0 Å². The van der Waals surface area contributed by atoms with Crippen LogP contribution < -0.4 is 5.73 Å². The molecule has 0 aliphatic heterocycles. The fourth-order valence-corrected chi connectivity index (χ4v) is 5.27. The molecule has 0 spiro atoms. The molecule has 0 radical (unpaired) electrons. The summed E-state index contributed by atoms with van der Waals surface area (Å²) in [5, 5.41) is 10.6. The Bertz CT molecular complexity index is 241. The van der Waals surface area contributed by atoms with E-state index in [4.69, 9.17) is 5.73 Å². The first-order chi connectivity index (χ1) is 7.63. The van der Waals surface area contributed by atoms with Gasteiger partial charge < -0.3 is 10.8 Å². The Morgan fingerprint density at radius 2 is 1.56 bits per heavy atom. The van der Waals surface area contributed by atoms with E-state index in [2.05, 4.69) is 6.92 Å². The lowest BCUT2D eigenvalue weighted by Crippen LogP contribution is -2.54. The van der Waals surface area contributed by atoms with Crippen LogP contribution in [0.4, 0.5) is 0 Å². The zero-order chi connectivity index (χ0) is 11.3. The first-order valence-electron chi connectivity index (χ1n) is 7.01. The van der Waals surface area contributed by atoms with Crippen LogP contribution in [0.5, 0.6) is 0 Å². The van der Waals surface area contributed by atoms with E-state index < -0.39 is 0 Å². The molecule has 4 saturated carbocycles. The van der Waals surface area contributed by atoms with E-state index in [9.17, 15) is 5.11 Å². The van der Waals surface area contributed by atoms with Crippen molar-refractivity contribution in [2.24, 2.45) is 34.8 Å². The maximum absolute atomic E-state index is 10.6. The molecule has 0 heterocycles. The van der Waals surface area contributed by atoms with Gasteiger partial charge in [0.15, 0.2) is 0 Å². The van der Waals surface area contributed by atoms with E-state index in [0.29, 0.717) is 6.54 Å². The van der Waals surface area contributed by atoms with Crippen molar-refractivity contribution in [3.05, 3.63) is 0 Å². The average Bonchev–Trinajstić information content (AvgIpc) is 2.25. The molecule has 0 saturated heterocycles. The second kappa shape index (κ2) is 3.71. The van der Waals surface area contributed by atoms with Gasteiger partial charge in [-0.25, -0.2) is 0 Å². The van der Waals surface area contributed by atoms with Gasteiger partial charge in [-0.3, -0.25) is 0 Å². The summed E-state index contributed by atoms with van der Waals surface area (Å²) in [5.41, 5.74) is 5.99. The lowest BCUT2D eigenvalue weighted by Gasteiger charge is -2.59. The predicted molar refractivity (Wildman–Crippen MR) is 64.8 cm³/mol. The Morgan fingerprint density at radius 1 is 1.12 bits per heavy atom. The van der Waals surface area contributed by atoms with Crippen molar-refractivity contribution in [2.45, 2.75) is 51.6 Å². The molecule has 0 aromatic heterocycles. The standard InChI is InChI=1S/C14H25NO/c1-9(8-15)13(16)14-5-10-2-11(6-14)4-12(3-10)7-14/h9-13,16H,2-8,15H2,1H3. The molecule has 2 atom stereocenters. The Labute approximate surface area is 98.6 Å². The fourth-order valence-electron chi connectivity index (χ4n) is 5.27. The highest BCUT2D eigenvalue weighted by molar-refractivity contribution is 5.05. The monoisotopic (exact) mass is 223 g/mol. The second-order valence-corrected chi connectivity index (χ2v) is 6.94. The van der Waals surface area contributed by atoms with Crippen LogP contribution in [0, 0.1) is 29.1 Å². The van der Waals surface area contributed by atoms with Crippen LogP contribution in [0.15, 0.2) is 0 Å². The van der Waals surface area contributed by atoms with Crippen LogP contribution >= 0.6 is 0 Å². The van der Waals surface area contributed by atoms with Crippen molar-refractivity contribution >= 4 is 0 Å². The molecule has 0 aromatic rings. The topological polar surface area (TPSA) is 46.2 Å². The van der Waals surface area contributed by atoms with Crippen molar-refractivity contribution in [3.8, 4) is 0 Å². The van der Waals surface area contributed by atoms with Gasteiger partial charge in [-0.05, 0) is 74.2 Å². The molecular formula is C14H25NO. The quantitative estimate of drug-likeness (QED) is 0.770. The maximum Gasteiger partial charge on any atom is 0.0634 e. The molecule has 2 unspecified atom stereocenters. The highest BCUT2D eigenvalue weighted by atomic mass is 16.3. The number of hydrogen-bond donors (Lipinski definition) is 2. The molecule has 4 fully saturated rings. The van der Waals surface area contributed by atoms with Crippen molar-refractivity contribution in [1.29, 1.82) is 0 Å². The minimum atomic E-state index is -0.147. The second-order valence-electron chi connectivity index (χ2n) is 6.94. The van der Waals surface area contributed by atoms with E-state index in [1.807, 2.05) is 0 Å². The van der Waals surface area contributed by atoms with Gasteiger partial charge in [0.05, 0.1) is 6.10 Å². The highest BCUT2D eigenvalue weighted by Gasteiger charge is 2.54. The number of aliphatic hydroxyl groups excluding tert-OH is 1. The van der Waals surface area contributed by atoms with Crippen molar-refractivity contribution in [3.63, 3.8) is 0 Å². The molecule has 0 amide bonds. The van der Waals surface area contributed by atoms with Crippen LogP contribution in [0.3, 0.4) is 0 Å². The van der Waals surface area contributed by atoms with Gasteiger partial charge >= 0.3 is 0 Å². The number of rotatable bonds is 3. The van der Waals surface area contributed by atoms with Gasteiger partial charge in [-0.2, -0.15) is 0 Å². The molecule has 2 nitrogen and oxygen atoms in total. The Hall–Kier alpha value is -0.0800. The molecule has 3 N–H and O–H groups in total. The lowest BCUT2D eigenvalue weighted by atomic mass is 9.47. The summed E-state index contributed by atoms with van der Waals surface area (Å²) in [5.74, 6) is 3.04. The number of nitrogens with two attached hydrogens (primary N) is 1. The Balaban J connectivity index is 1.82. The van der Waals surface area contributed by atoms with E-state index in [0.717, 1.165) is 17.8 Å². The summed E-state index contributed by atoms with van der Waals surface area (Å²) < 4.78 is 0. The SMILES string of the molecule is CC(CN)C(O)C12CC3CC(CC(C3)C1)C2. The molecule has 92 valence electrons. The highest BCUT2D eigenvalue weighted by Crippen LogP contribution is 2.61. The molecular weight excluding hydrogens is 198 g/mol. The normalized spacial score (nSPS) is 49.3. The van der Waals surface area contributed by atoms with Gasteiger partial charge in [0.1, 0.15) is 0 Å². The smallest absolute Gasteiger partial charge is 0.0634 e. The summed E-state index contributed by atoms with van der Waals surface area (Å²) in [6.45, 7) is 2.74. The minimum Gasteiger partial charge on any atom is -0.392 e.